The summed E-state index contributed by atoms with van der Waals surface area (Å²) in [5.41, 5.74) is 1.47. The molecule has 3 rings (SSSR count). The standard InChI is InChI=1S/C16H14FNO3S2/c17-12-8-10(2-1-9(12)7-14(19)20)18-16(21)15-11-3-5-22-13(11)4-6-23-15/h1-3,5,8,15H,4,6-7H2,(H,18,21)(H,19,20). The molecule has 1 aromatic heterocycles. The van der Waals surface area contributed by atoms with Crippen molar-refractivity contribution < 1.29 is 19.1 Å². The summed E-state index contributed by atoms with van der Waals surface area (Å²) in [6.45, 7) is 0. The highest BCUT2D eigenvalue weighted by Gasteiger charge is 2.28. The second-order valence-corrected chi connectivity index (χ2v) is 7.38. The number of rotatable bonds is 4. The molecule has 1 aliphatic heterocycles. The van der Waals surface area contributed by atoms with Gasteiger partial charge in [-0.05, 0) is 46.9 Å². The zero-order chi connectivity index (χ0) is 16.4. The highest BCUT2D eigenvalue weighted by atomic mass is 32.2. The molecule has 120 valence electrons. The number of benzene rings is 1. The number of carbonyl (C=O) groups is 2. The minimum atomic E-state index is -1.09. The number of hydrogen-bond donors (Lipinski definition) is 2. The average molecular weight is 351 g/mol. The van der Waals surface area contributed by atoms with Gasteiger partial charge in [-0.25, -0.2) is 4.39 Å². The van der Waals surface area contributed by atoms with E-state index < -0.39 is 11.8 Å². The molecule has 0 spiro atoms. The van der Waals surface area contributed by atoms with E-state index in [0.717, 1.165) is 23.8 Å². The summed E-state index contributed by atoms with van der Waals surface area (Å²) >= 11 is 3.23. The van der Waals surface area contributed by atoms with Gasteiger partial charge in [0, 0.05) is 10.6 Å². The molecule has 2 N–H and O–H groups in total. The highest BCUT2D eigenvalue weighted by Crippen LogP contribution is 2.40. The molecule has 1 unspecified atom stereocenters. The predicted octanol–water partition coefficient (Wildman–Crippen LogP) is 3.48. The van der Waals surface area contributed by atoms with E-state index in [1.807, 2.05) is 11.4 Å². The number of carbonyl (C=O) groups excluding carboxylic acids is 1. The van der Waals surface area contributed by atoms with Gasteiger partial charge in [0.05, 0.1) is 6.42 Å². The Morgan fingerprint density at radius 1 is 1.35 bits per heavy atom. The number of fused-ring (bicyclic) bond motifs is 1. The van der Waals surface area contributed by atoms with Crippen LogP contribution in [-0.2, 0) is 22.4 Å². The number of nitrogens with one attached hydrogen (secondary N) is 1. The van der Waals surface area contributed by atoms with E-state index in [1.54, 1.807) is 23.1 Å². The fourth-order valence-corrected chi connectivity index (χ4v) is 4.80. The quantitative estimate of drug-likeness (QED) is 0.885. The summed E-state index contributed by atoms with van der Waals surface area (Å²) < 4.78 is 13.9. The number of thioether (sulfide) groups is 1. The molecule has 2 heterocycles. The lowest BCUT2D eigenvalue weighted by molar-refractivity contribution is -0.136. The Balaban J connectivity index is 1.74. The SMILES string of the molecule is O=C(O)Cc1ccc(NC(=O)C2SCCc3sccc32)cc1F. The lowest BCUT2D eigenvalue weighted by Gasteiger charge is -2.21. The van der Waals surface area contributed by atoms with Crippen LogP contribution >= 0.6 is 23.1 Å². The monoisotopic (exact) mass is 351 g/mol. The normalized spacial score (nSPS) is 16.7. The summed E-state index contributed by atoms with van der Waals surface area (Å²) in [6.07, 6.45) is 0.594. The Morgan fingerprint density at radius 3 is 2.91 bits per heavy atom. The van der Waals surface area contributed by atoms with E-state index in [-0.39, 0.29) is 23.1 Å². The van der Waals surface area contributed by atoms with Crippen LogP contribution in [0.5, 0.6) is 0 Å². The van der Waals surface area contributed by atoms with Crippen LogP contribution in [0.2, 0.25) is 0 Å². The van der Waals surface area contributed by atoms with Gasteiger partial charge in [0.2, 0.25) is 5.91 Å². The molecule has 2 aromatic rings. The zero-order valence-electron chi connectivity index (χ0n) is 12.0. The number of aliphatic carboxylic acids is 1. The van der Waals surface area contributed by atoms with Crippen LogP contribution in [-0.4, -0.2) is 22.7 Å². The predicted molar refractivity (Wildman–Crippen MR) is 89.6 cm³/mol. The molecule has 0 saturated carbocycles. The molecule has 0 fully saturated rings. The second-order valence-electron chi connectivity index (χ2n) is 5.17. The third kappa shape index (κ3) is 3.56. The summed E-state index contributed by atoms with van der Waals surface area (Å²) in [4.78, 5) is 24.3. The molecule has 1 aliphatic rings. The number of aryl methyl sites for hydroxylation is 1. The van der Waals surface area contributed by atoms with Crippen LogP contribution in [0.1, 0.15) is 21.3 Å². The summed E-state index contributed by atoms with van der Waals surface area (Å²) in [5.74, 6) is -1.01. The van der Waals surface area contributed by atoms with Crippen molar-refractivity contribution in [3.63, 3.8) is 0 Å². The van der Waals surface area contributed by atoms with Gasteiger partial charge in [0.15, 0.2) is 0 Å². The van der Waals surface area contributed by atoms with Gasteiger partial charge in [-0.3, -0.25) is 9.59 Å². The lowest BCUT2D eigenvalue weighted by atomic mass is 10.1. The number of thiophene rings is 1. The van der Waals surface area contributed by atoms with Gasteiger partial charge in [0.1, 0.15) is 11.1 Å². The average Bonchev–Trinajstić information content (AvgIpc) is 2.98. The Hall–Kier alpha value is -1.86. The first-order valence-electron chi connectivity index (χ1n) is 7.03. The third-order valence-electron chi connectivity index (χ3n) is 3.58. The van der Waals surface area contributed by atoms with Crippen molar-refractivity contribution in [2.45, 2.75) is 18.1 Å². The van der Waals surface area contributed by atoms with Crippen molar-refractivity contribution in [2.75, 3.05) is 11.1 Å². The lowest BCUT2D eigenvalue weighted by Crippen LogP contribution is -2.22. The molecule has 23 heavy (non-hydrogen) atoms. The highest BCUT2D eigenvalue weighted by molar-refractivity contribution is 8.00. The molecule has 1 amide bonds. The maximum absolute atomic E-state index is 13.9. The minimum absolute atomic E-state index is 0.0997. The first-order valence-corrected chi connectivity index (χ1v) is 8.96. The minimum Gasteiger partial charge on any atom is -0.481 e. The van der Waals surface area contributed by atoms with Crippen molar-refractivity contribution in [3.8, 4) is 0 Å². The first-order chi connectivity index (χ1) is 11.0. The Labute approximate surface area is 140 Å². The van der Waals surface area contributed by atoms with Crippen LogP contribution in [0.15, 0.2) is 29.6 Å². The van der Waals surface area contributed by atoms with Crippen LogP contribution in [0.25, 0.3) is 0 Å². The van der Waals surface area contributed by atoms with Crippen molar-refractivity contribution in [2.24, 2.45) is 0 Å². The summed E-state index contributed by atoms with van der Waals surface area (Å²) in [5, 5.41) is 13.1. The van der Waals surface area contributed by atoms with Gasteiger partial charge in [-0.1, -0.05) is 6.07 Å². The molecule has 1 aromatic carbocycles. The van der Waals surface area contributed by atoms with E-state index >= 15 is 0 Å². The molecule has 0 bridgehead atoms. The fraction of sp³-hybridized carbons (Fsp3) is 0.250. The Bertz CT molecular complexity index is 760. The van der Waals surface area contributed by atoms with E-state index in [2.05, 4.69) is 5.32 Å². The summed E-state index contributed by atoms with van der Waals surface area (Å²) in [6, 6.07) is 6.05. The van der Waals surface area contributed by atoms with Crippen molar-refractivity contribution in [1.29, 1.82) is 0 Å². The van der Waals surface area contributed by atoms with Gasteiger partial charge < -0.3 is 10.4 Å². The summed E-state index contributed by atoms with van der Waals surface area (Å²) in [7, 11) is 0. The number of carboxylic acids is 1. The van der Waals surface area contributed by atoms with Crippen molar-refractivity contribution >= 4 is 40.7 Å². The van der Waals surface area contributed by atoms with Gasteiger partial charge in [-0.15, -0.1) is 23.1 Å². The zero-order valence-corrected chi connectivity index (χ0v) is 13.7. The van der Waals surface area contributed by atoms with Crippen LogP contribution in [0.3, 0.4) is 0 Å². The molecule has 7 heteroatoms. The van der Waals surface area contributed by atoms with E-state index in [1.165, 1.54) is 17.0 Å². The largest absolute Gasteiger partial charge is 0.481 e. The molecule has 0 saturated heterocycles. The third-order valence-corrected chi connectivity index (χ3v) is 5.81. The topological polar surface area (TPSA) is 66.4 Å². The van der Waals surface area contributed by atoms with E-state index in [9.17, 15) is 14.0 Å². The van der Waals surface area contributed by atoms with Gasteiger partial charge in [-0.2, -0.15) is 0 Å². The molecule has 0 aliphatic carbocycles. The van der Waals surface area contributed by atoms with E-state index in [4.69, 9.17) is 5.11 Å². The van der Waals surface area contributed by atoms with Gasteiger partial charge >= 0.3 is 5.97 Å². The van der Waals surface area contributed by atoms with Crippen LogP contribution in [0, 0.1) is 5.82 Å². The second kappa shape index (κ2) is 6.72. The van der Waals surface area contributed by atoms with Crippen molar-refractivity contribution in [3.05, 3.63) is 51.5 Å². The maximum atomic E-state index is 13.9. The number of carboxylic acid groups (broad SMARTS) is 1. The van der Waals surface area contributed by atoms with Crippen LogP contribution in [0.4, 0.5) is 10.1 Å². The van der Waals surface area contributed by atoms with Gasteiger partial charge in [0.25, 0.3) is 0 Å². The molecule has 1 atom stereocenters. The number of hydrogen-bond acceptors (Lipinski definition) is 4. The molecular weight excluding hydrogens is 337 g/mol. The first kappa shape index (κ1) is 16.0. The fourth-order valence-electron chi connectivity index (χ4n) is 2.50. The smallest absolute Gasteiger partial charge is 0.307 e. The maximum Gasteiger partial charge on any atom is 0.307 e. The Morgan fingerprint density at radius 2 is 2.17 bits per heavy atom. The van der Waals surface area contributed by atoms with Crippen LogP contribution < -0.4 is 5.32 Å². The molecule has 4 nitrogen and oxygen atoms in total. The Kier molecular flexibility index (Phi) is 4.68. The van der Waals surface area contributed by atoms with Crippen molar-refractivity contribution in [1.82, 2.24) is 0 Å². The molecule has 0 radical (unpaired) electrons. The molecular formula is C16H14FNO3S2. The number of halogens is 1. The van der Waals surface area contributed by atoms with E-state index in [0.29, 0.717) is 5.69 Å². The number of anilines is 1. The number of amides is 1.